The van der Waals surface area contributed by atoms with E-state index in [1.165, 1.54) is 18.2 Å². The van der Waals surface area contributed by atoms with Crippen LogP contribution in [0.2, 0.25) is 5.02 Å². The summed E-state index contributed by atoms with van der Waals surface area (Å²) in [6.07, 6.45) is 1.57. The molecule has 0 saturated heterocycles. The highest BCUT2D eigenvalue weighted by Gasteiger charge is 2.24. The van der Waals surface area contributed by atoms with Gasteiger partial charge in [0.25, 0.3) is 0 Å². The number of hydrogen-bond donors (Lipinski definition) is 1. The standard InChI is InChI=1S/C22H23ClFN3O3/c1-22(2,3)30-19(29)7-6-17(28)21-20(15-5-4-14(24)11-16(15)23)26-18-10-13(12-25)8-9-27(18)21/h4-5,8-11H,6-7,12,25H2,1-3H3. The van der Waals surface area contributed by atoms with Gasteiger partial charge < -0.3 is 10.5 Å². The zero-order chi connectivity index (χ0) is 22.1. The number of imidazole rings is 1. The van der Waals surface area contributed by atoms with Crippen LogP contribution in [0.1, 0.15) is 49.7 Å². The van der Waals surface area contributed by atoms with Crippen molar-refractivity contribution >= 4 is 29.0 Å². The van der Waals surface area contributed by atoms with Crippen LogP contribution in [0.25, 0.3) is 16.9 Å². The lowest BCUT2D eigenvalue weighted by Gasteiger charge is -2.19. The Morgan fingerprint density at radius 1 is 1.20 bits per heavy atom. The second-order valence-electron chi connectivity index (χ2n) is 7.91. The van der Waals surface area contributed by atoms with Gasteiger partial charge in [0.2, 0.25) is 0 Å². The molecule has 0 fully saturated rings. The van der Waals surface area contributed by atoms with Gasteiger partial charge in [0, 0.05) is 24.7 Å². The summed E-state index contributed by atoms with van der Waals surface area (Å²) in [5.41, 5.74) is 7.45. The van der Waals surface area contributed by atoms with Gasteiger partial charge in [-0.2, -0.15) is 0 Å². The molecule has 2 N–H and O–H groups in total. The molecule has 0 atom stereocenters. The molecule has 0 unspecified atom stereocenters. The van der Waals surface area contributed by atoms with Crippen LogP contribution in [-0.2, 0) is 16.1 Å². The zero-order valence-electron chi connectivity index (χ0n) is 17.0. The van der Waals surface area contributed by atoms with E-state index in [0.29, 0.717) is 23.4 Å². The van der Waals surface area contributed by atoms with Crippen molar-refractivity contribution in [2.45, 2.75) is 45.8 Å². The van der Waals surface area contributed by atoms with Crippen LogP contribution in [0.3, 0.4) is 0 Å². The van der Waals surface area contributed by atoms with Crippen molar-refractivity contribution in [3.8, 4) is 11.3 Å². The molecular weight excluding hydrogens is 409 g/mol. The molecule has 0 bridgehead atoms. The minimum Gasteiger partial charge on any atom is -0.460 e. The van der Waals surface area contributed by atoms with Crippen LogP contribution in [-0.4, -0.2) is 26.7 Å². The van der Waals surface area contributed by atoms with Crippen molar-refractivity contribution in [2.24, 2.45) is 5.73 Å². The first-order valence-electron chi connectivity index (χ1n) is 9.50. The maximum atomic E-state index is 13.5. The van der Waals surface area contributed by atoms with Gasteiger partial charge in [-0.15, -0.1) is 0 Å². The number of nitrogens with zero attached hydrogens (tertiary/aromatic N) is 2. The van der Waals surface area contributed by atoms with E-state index in [-0.39, 0.29) is 29.3 Å². The van der Waals surface area contributed by atoms with Gasteiger partial charge in [-0.25, -0.2) is 9.37 Å². The smallest absolute Gasteiger partial charge is 0.306 e. The first-order valence-corrected chi connectivity index (χ1v) is 9.88. The molecule has 3 rings (SSSR count). The minimum atomic E-state index is -0.630. The second-order valence-corrected chi connectivity index (χ2v) is 8.32. The third kappa shape index (κ3) is 4.86. The maximum absolute atomic E-state index is 13.5. The zero-order valence-corrected chi connectivity index (χ0v) is 17.8. The molecule has 0 saturated carbocycles. The Kier molecular flexibility index (Phi) is 6.24. The van der Waals surface area contributed by atoms with Crippen LogP contribution in [0.15, 0.2) is 36.5 Å². The molecule has 0 amide bonds. The lowest BCUT2D eigenvalue weighted by Crippen LogP contribution is -2.24. The summed E-state index contributed by atoms with van der Waals surface area (Å²) in [5, 5.41) is 0.138. The van der Waals surface area contributed by atoms with Gasteiger partial charge in [0.15, 0.2) is 5.78 Å². The molecule has 1 aromatic carbocycles. The van der Waals surface area contributed by atoms with Crippen molar-refractivity contribution in [3.63, 3.8) is 0 Å². The van der Waals surface area contributed by atoms with Gasteiger partial charge in [-0.1, -0.05) is 11.6 Å². The van der Waals surface area contributed by atoms with E-state index < -0.39 is 17.4 Å². The van der Waals surface area contributed by atoms with Crippen LogP contribution in [0.5, 0.6) is 0 Å². The van der Waals surface area contributed by atoms with E-state index in [2.05, 4.69) is 4.98 Å². The molecule has 8 heteroatoms. The molecule has 0 spiro atoms. The fourth-order valence-electron chi connectivity index (χ4n) is 3.08. The number of esters is 1. The highest BCUT2D eigenvalue weighted by atomic mass is 35.5. The average Bonchev–Trinajstić information content (AvgIpc) is 3.02. The molecule has 158 valence electrons. The number of nitrogens with two attached hydrogens (primary N) is 1. The molecule has 3 aromatic rings. The number of Topliss-reactive ketones (excluding diaryl/α,β-unsaturated/α-hetero) is 1. The quantitative estimate of drug-likeness (QED) is 0.456. The molecule has 2 aromatic heterocycles. The lowest BCUT2D eigenvalue weighted by atomic mass is 10.0. The molecule has 2 heterocycles. The Bertz CT molecular complexity index is 1120. The molecule has 0 aliphatic heterocycles. The Morgan fingerprint density at radius 2 is 1.93 bits per heavy atom. The van der Waals surface area contributed by atoms with Crippen molar-refractivity contribution < 1.29 is 18.7 Å². The first kappa shape index (κ1) is 21.9. The minimum absolute atomic E-state index is 0.0623. The van der Waals surface area contributed by atoms with Crippen molar-refractivity contribution in [1.82, 2.24) is 9.38 Å². The predicted molar refractivity (Wildman–Crippen MR) is 113 cm³/mol. The van der Waals surface area contributed by atoms with Gasteiger partial charge in [-0.05, 0) is 56.7 Å². The number of halogens is 2. The summed E-state index contributed by atoms with van der Waals surface area (Å²) >= 11 is 6.23. The number of aromatic nitrogens is 2. The summed E-state index contributed by atoms with van der Waals surface area (Å²) < 4.78 is 20.4. The molecular formula is C22H23ClFN3O3. The molecule has 6 nitrogen and oxygen atoms in total. The average molecular weight is 432 g/mol. The first-order chi connectivity index (χ1) is 14.1. The summed E-state index contributed by atoms with van der Waals surface area (Å²) in [4.78, 5) is 29.7. The van der Waals surface area contributed by atoms with Gasteiger partial charge in [0.05, 0.1) is 11.4 Å². The number of fused-ring (bicyclic) bond motifs is 1. The fraction of sp³-hybridized carbons (Fsp3) is 0.318. The van der Waals surface area contributed by atoms with E-state index in [0.717, 1.165) is 5.56 Å². The number of pyridine rings is 1. The maximum Gasteiger partial charge on any atom is 0.306 e. The number of hydrogen-bond acceptors (Lipinski definition) is 5. The molecule has 0 aliphatic carbocycles. The van der Waals surface area contributed by atoms with Crippen LogP contribution < -0.4 is 5.73 Å². The predicted octanol–water partition coefficient (Wildman–Crippen LogP) is 4.56. The Labute approximate surface area is 178 Å². The fourth-order valence-corrected chi connectivity index (χ4v) is 3.33. The van der Waals surface area contributed by atoms with Gasteiger partial charge in [0.1, 0.15) is 28.5 Å². The SMILES string of the molecule is CC(C)(C)OC(=O)CCC(=O)c1c(-c2ccc(F)cc2Cl)nc2cc(CN)ccn12. The summed E-state index contributed by atoms with van der Waals surface area (Å²) in [7, 11) is 0. The highest BCUT2D eigenvalue weighted by molar-refractivity contribution is 6.33. The van der Waals surface area contributed by atoms with Crippen molar-refractivity contribution in [2.75, 3.05) is 0 Å². The number of ether oxygens (including phenoxy) is 1. The molecule has 0 radical (unpaired) electrons. The summed E-state index contributed by atoms with van der Waals surface area (Å²) in [6, 6.07) is 7.46. The van der Waals surface area contributed by atoms with Crippen molar-refractivity contribution in [1.29, 1.82) is 0 Å². The molecule has 0 aliphatic rings. The number of benzene rings is 1. The van der Waals surface area contributed by atoms with E-state index >= 15 is 0 Å². The number of carbonyl (C=O) groups is 2. The molecule has 30 heavy (non-hydrogen) atoms. The van der Waals surface area contributed by atoms with Crippen LogP contribution >= 0.6 is 11.6 Å². The van der Waals surface area contributed by atoms with Crippen LogP contribution in [0, 0.1) is 5.82 Å². The third-order valence-electron chi connectivity index (χ3n) is 4.35. The van der Waals surface area contributed by atoms with E-state index in [9.17, 15) is 14.0 Å². The van der Waals surface area contributed by atoms with E-state index in [4.69, 9.17) is 22.1 Å². The monoisotopic (exact) mass is 431 g/mol. The summed E-state index contributed by atoms with van der Waals surface area (Å²) in [6.45, 7) is 5.61. The number of rotatable bonds is 6. The Hall–Kier alpha value is -2.77. The van der Waals surface area contributed by atoms with Crippen molar-refractivity contribution in [3.05, 3.63) is 58.6 Å². The van der Waals surface area contributed by atoms with Crippen LogP contribution in [0.4, 0.5) is 4.39 Å². The van der Waals surface area contributed by atoms with Gasteiger partial charge in [-0.3, -0.25) is 14.0 Å². The van der Waals surface area contributed by atoms with E-state index in [1.54, 1.807) is 43.5 Å². The third-order valence-corrected chi connectivity index (χ3v) is 4.67. The topological polar surface area (TPSA) is 86.7 Å². The second kappa shape index (κ2) is 8.53. The lowest BCUT2D eigenvalue weighted by molar-refractivity contribution is -0.154. The largest absolute Gasteiger partial charge is 0.460 e. The Morgan fingerprint density at radius 3 is 2.57 bits per heavy atom. The normalized spacial score (nSPS) is 11.7. The summed E-state index contributed by atoms with van der Waals surface area (Å²) in [5.74, 6) is -1.25. The highest BCUT2D eigenvalue weighted by Crippen LogP contribution is 2.32. The number of carbonyl (C=O) groups excluding carboxylic acids is 2. The van der Waals surface area contributed by atoms with E-state index in [1.807, 2.05) is 0 Å². The Balaban J connectivity index is 2.02. The van der Waals surface area contributed by atoms with Gasteiger partial charge >= 0.3 is 5.97 Å². The number of ketones is 1.